The lowest BCUT2D eigenvalue weighted by Gasteiger charge is -2.19. The Morgan fingerprint density at radius 1 is 1.44 bits per heavy atom. The fourth-order valence-electron chi connectivity index (χ4n) is 1.09. The second kappa shape index (κ2) is 6.03. The normalized spacial score (nSPS) is 12.4. The van der Waals surface area contributed by atoms with Crippen molar-refractivity contribution in [1.82, 2.24) is 10.3 Å². The number of thiazole rings is 1. The SMILES string of the molecule is CC(C)SCc1nc(CNC(C)(C)C)cs1. The molecule has 0 saturated carbocycles. The van der Waals surface area contributed by atoms with Crippen LogP contribution in [0.25, 0.3) is 0 Å². The first-order valence-corrected chi connectivity index (χ1v) is 7.59. The summed E-state index contributed by atoms with van der Waals surface area (Å²) in [7, 11) is 0. The highest BCUT2D eigenvalue weighted by molar-refractivity contribution is 7.99. The van der Waals surface area contributed by atoms with Gasteiger partial charge in [0.25, 0.3) is 0 Å². The molecule has 4 heteroatoms. The third kappa shape index (κ3) is 5.87. The van der Waals surface area contributed by atoms with Gasteiger partial charge in [0.15, 0.2) is 0 Å². The molecule has 0 aliphatic carbocycles. The first-order chi connectivity index (χ1) is 7.37. The van der Waals surface area contributed by atoms with Crippen molar-refractivity contribution in [2.45, 2.75) is 57.7 Å². The van der Waals surface area contributed by atoms with E-state index >= 15 is 0 Å². The van der Waals surface area contributed by atoms with Crippen LogP contribution >= 0.6 is 23.1 Å². The minimum Gasteiger partial charge on any atom is -0.306 e. The third-order valence-electron chi connectivity index (χ3n) is 1.94. The van der Waals surface area contributed by atoms with E-state index in [0.29, 0.717) is 5.25 Å². The standard InChI is InChI=1S/C12H22N2S2/c1-9(2)15-8-11-14-10(7-16-11)6-13-12(3,4)5/h7,9,13H,6,8H2,1-5H3. The summed E-state index contributed by atoms with van der Waals surface area (Å²) in [5, 5.41) is 7.54. The predicted octanol–water partition coefficient (Wildman–Crippen LogP) is 3.67. The molecule has 92 valence electrons. The second-order valence-electron chi connectivity index (χ2n) is 5.20. The molecular weight excluding hydrogens is 236 g/mol. The number of nitrogens with one attached hydrogen (secondary N) is 1. The Labute approximate surface area is 107 Å². The lowest BCUT2D eigenvalue weighted by Crippen LogP contribution is -2.35. The molecule has 1 rings (SSSR count). The van der Waals surface area contributed by atoms with Gasteiger partial charge >= 0.3 is 0 Å². The summed E-state index contributed by atoms with van der Waals surface area (Å²) in [5.74, 6) is 1.04. The van der Waals surface area contributed by atoms with E-state index in [2.05, 4.69) is 50.3 Å². The summed E-state index contributed by atoms with van der Waals surface area (Å²) >= 11 is 3.72. The van der Waals surface area contributed by atoms with Crippen molar-refractivity contribution >= 4 is 23.1 Å². The maximum atomic E-state index is 4.62. The van der Waals surface area contributed by atoms with Gasteiger partial charge < -0.3 is 5.32 Å². The van der Waals surface area contributed by atoms with Crippen LogP contribution in [0.3, 0.4) is 0 Å². The quantitative estimate of drug-likeness (QED) is 0.872. The lowest BCUT2D eigenvalue weighted by atomic mass is 10.1. The smallest absolute Gasteiger partial charge is 0.103 e. The van der Waals surface area contributed by atoms with E-state index < -0.39 is 0 Å². The molecule has 1 heterocycles. The molecule has 0 bridgehead atoms. The minimum absolute atomic E-state index is 0.163. The molecule has 16 heavy (non-hydrogen) atoms. The molecule has 0 fully saturated rings. The van der Waals surface area contributed by atoms with Crippen LogP contribution in [0.4, 0.5) is 0 Å². The van der Waals surface area contributed by atoms with Gasteiger partial charge in [0.1, 0.15) is 5.01 Å². The molecule has 0 atom stereocenters. The van der Waals surface area contributed by atoms with Crippen molar-refractivity contribution in [2.75, 3.05) is 0 Å². The highest BCUT2D eigenvalue weighted by Gasteiger charge is 2.10. The fourth-order valence-corrected chi connectivity index (χ4v) is 2.68. The Balaban J connectivity index is 2.39. The van der Waals surface area contributed by atoms with Crippen LogP contribution in [0, 0.1) is 0 Å². The van der Waals surface area contributed by atoms with Gasteiger partial charge in [-0.2, -0.15) is 11.8 Å². The average molecular weight is 258 g/mol. The highest BCUT2D eigenvalue weighted by atomic mass is 32.2. The van der Waals surface area contributed by atoms with E-state index in [0.717, 1.165) is 12.3 Å². The molecule has 0 amide bonds. The lowest BCUT2D eigenvalue weighted by molar-refractivity contribution is 0.421. The van der Waals surface area contributed by atoms with E-state index in [9.17, 15) is 0 Å². The first-order valence-electron chi connectivity index (χ1n) is 5.67. The number of nitrogens with zero attached hydrogens (tertiary/aromatic N) is 1. The summed E-state index contributed by atoms with van der Waals surface area (Å²) in [4.78, 5) is 4.62. The van der Waals surface area contributed by atoms with Crippen LogP contribution in [0.1, 0.15) is 45.3 Å². The molecule has 0 saturated heterocycles. The van der Waals surface area contributed by atoms with Crippen LogP contribution in [-0.4, -0.2) is 15.8 Å². The molecule has 1 aromatic heterocycles. The molecule has 0 radical (unpaired) electrons. The van der Waals surface area contributed by atoms with E-state index in [-0.39, 0.29) is 5.54 Å². The van der Waals surface area contributed by atoms with Gasteiger partial charge in [0.2, 0.25) is 0 Å². The average Bonchev–Trinajstić information content (AvgIpc) is 2.58. The minimum atomic E-state index is 0.163. The van der Waals surface area contributed by atoms with Crippen molar-refractivity contribution < 1.29 is 0 Å². The topological polar surface area (TPSA) is 24.9 Å². The number of aromatic nitrogens is 1. The van der Waals surface area contributed by atoms with E-state index in [4.69, 9.17) is 0 Å². The van der Waals surface area contributed by atoms with Gasteiger partial charge in [-0.25, -0.2) is 4.98 Å². The van der Waals surface area contributed by atoms with Gasteiger partial charge in [-0.1, -0.05) is 13.8 Å². The summed E-state index contributed by atoms with van der Waals surface area (Å²) in [5.41, 5.74) is 1.33. The predicted molar refractivity (Wildman–Crippen MR) is 75.1 cm³/mol. The van der Waals surface area contributed by atoms with Crippen molar-refractivity contribution in [3.05, 3.63) is 16.1 Å². The Kier molecular flexibility index (Phi) is 5.28. The number of thioether (sulfide) groups is 1. The monoisotopic (exact) mass is 258 g/mol. The molecule has 0 spiro atoms. The zero-order valence-electron chi connectivity index (χ0n) is 10.8. The number of hydrogen-bond donors (Lipinski definition) is 1. The molecule has 1 aromatic rings. The largest absolute Gasteiger partial charge is 0.306 e. The Hall–Kier alpha value is -0.0600. The molecule has 0 unspecified atom stereocenters. The molecule has 2 nitrogen and oxygen atoms in total. The van der Waals surface area contributed by atoms with E-state index in [1.165, 1.54) is 10.7 Å². The van der Waals surface area contributed by atoms with Gasteiger partial charge in [-0.05, 0) is 26.0 Å². The van der Waals surface area contributed by atoms with Crippen LogP contribution in [0.15, 0.2) is 5.38 Å². The number of hydrogen-bond acceptors (Lipinski definition) is 4. The van der Waals surface area contributed by atoms with Gasteiger partial charge in [-0.3, -0.25) is 0 Å². The zero-order chi connectivity index (χ0) is 12.2. The summed E-state index contributed by atoms with van der Waals surface area (Å²) in [6, 6.07) is 0. The molecule has 0 aromatic carbocycles. The Morgan fingerprint density at radius 2 is 2.12 bits per heavy atom. The summed E-state index contributed by atoms with van der Waals surface area (Å²) in [6.45, 7) is 11.8. The second-order valence-corrected chi connectivity index (χ2v) is 7.70. The van der Waals surface area contributed by atoms with E-state index in [1.54, 1.807) is 11.3 Å². The zero-order valence-corrected chi connectivity index (χ0v) is 12.5. The molecule has 0 aliphatic heterocycles. The van der Waals surface area contributed by atoms with E-state index in [1.807, 2.05) is 11.8 Å². The highest BCUT2D eigenvalue weighted by Crippen LogP contribution is 2.20. The maximum Gasteiger partial charge on any atom is 0.103 e. The third-order valence-corrected chi connectivity index (χ3v) is 4.13. The van der Waals surface area contributed by atoms with Crippen molar-refractivity contribution in [3.63, 3.8) is 0 Å². The maximum absolute atomic E-state index is 4.62. The van der Waals surface area contributed by atoms with Crippen LogP contribution in [0.5, 0.6) is 0 Å². The van der Waals surface area contributed by atoms with Crippen molar-refractivity contribution in [2.24, 2.45) is 0 Å². The van der Waals surface area contributed by atoms with Crippen LogP contribution < -0.4 is 5.32 Å². The fraction of sp³-hybridized carbons (Fsp3) is 0.750. The Bertz CT molecular complexity index is 313. The number of rotatable bonds is 5. The van der Waals surface area contributed by atoms with Crippen LogP contribution in [0.2, 0.25) is 0 Å². The molecule has 0 aliphatic rings. The van der Waals surface area contributed by atoms with Gasteiger partial charge in [0.05, 0.1) is 5.69 Å². The molecular formula is C12H22N2S2. The summed E-state index contributed by atoms with van der Waals surface area (Å²) in [6.07, 6.45) is 0. The van der Waals surface area contributed by atoms with Gasteiger partial charge in [0, 0.05) is 23.2 Å². The van der Waals surface area contributed by atoms with Gasteiger partial charge in [-0.15, -0.1) is 11.3 Å². The summed E-state index contributed by atoms with van der Waals surface area (Å²) < 4.78 is 0. The van der Waals surface area contributed by atoms with Crippen molar-refractivity contribution in [3.8, 4) is 0 Å². The van der Waals surface area contributed by atoms with Crippen molar-refractivity contribution in [1.29, 1.82) is 0 Å². The molecule has 1 N–H and O–H groups in total. The Morgan fingerprint density at radius 3 is 2.69 bits per heavy atom. The first kappa shape index (κ1) is 14.0. The van der Waals surface area contributed by atoms with Crippen LogP contribution in [-0.2, 0) is 12.3 Å².